The van der Waals surface area contributed by atoms with Crippen molar-refractivity contribution in [3.05, 3.63) is 45.1 Å². The molecule has 1 aromatic heterocycles. The molecule has 39 heavy (non-hydrogen) atoms. The topological polar surface area (TPSA) is 47.4 Å². The Labute approximate surface area is 242 Å². The first kappa shape index (κ1) is 31.7. The fraction of sp³-hybridized carbons (Fsp3) is 0.697. The second kappa shape index (κ2) is 14.7. The third-order valence-corrected chi connectivity index (χ3v) is 9.53. The highest BCUT2D eigenvalue weighted by molar-refractivity contribution is 6.31. The largest absolute Gasteiger partial charge is 0.481 e. The first-order valence-electron chi connectivity index (χ1n) is 15.2. The lowest BCUT2D eigenvalue weighted by molar-refractivity contribution is 0.0909. The van der Waals surface area contributed by atoms with Crippen LogP contribution in [-0.2, 0) is 13.5 Å². The highest BCUT2D eigenvalue weighted by Crippen LogP contribution is 2.38. The smallest absolute Gasteiger partial charge is 0.214 e. The molecule has 0 amide bonds. The fourth-order valence-electron chi connectivity index (χ4n) is 6.85. The first-order valence-corrected chi connectivity index (χ1v) is 15.6. The Morgan fingerprint density at radius 1 is 1.13 bits per heavy atom. The average Bonchev–Trinajstić information content (AvgIpc) is 3.19. The van der Waals surface area contributed by atoms with E-state index in [1.807, 2.05) is 20.0 Å². The molecule has 0 spiro atoms. The second-order valence-corrected chi connectivity index (χ2v) is 12.5. The van der Waals surface area contributed by atoms with Crippen LogP contribution in [0.15, 0.2) is 12.1 Å². The third kappa shape index (κ3) is 7.88. The van der Waals surface area contributed by atoms with E-state index in [0.717, 1.165) is 72.3 Å². The predicted octanol–water partition coefficient (Wildman–Crippen LogP) is 8.32. The summed E-state index contributed by atoms with van der Waals surface area (Å²) in [6, 6.07) is 4.79. The van der Waals surface area contributed by atoms with Crippen LogP contribution in [0, 0.1) is 25.7 Å². The molecule has 2 aromatic rings. The van der Waals surface area contributed by atoms with Crippen molar-refractivity contribution < 1.29 is 9.53 Å². The third-order valence-electron chi connectivity index (χ3n) is 9.31. The Hall–Kier alpha value is -1.85. The number of nitrogens with zero attached hydrogens (tertiary/aromatic N) is 3. The van der Waals surface area contributed by atoms with Gasteiger partial charge in [0, 0.05) is 35.2 Å². The quantitative estimate of drug-likeness (QED) is 0.219. The highest BCUT2D eigenvalue weighted by atomic mass is 35.5. The van der Waals surface area contributed by atoms with E-state index in [0.29, 0.717) is 10.9 Å². The molecule has 218 valence electrons. The van der Waals surface area contributed by atoms with Crippen molar-refractivity contribution in [1.29, 1.82) is 0 Å². The van der Waals surface area contributed by atoms with Crippen LogP contribution in [-0.4, -0.2) is 47.7 Å². The number of methoxy groups -OCH3 is 1. The van der Waals surface area contributed by atoms with Crippen molar-refractivity contribution in [3.63, 3.8) is 0 Å². The maximum atomic E-state index is 13.9. The van der Waals surface area contributed by atoms with Crippen molar-refractivity contribution in [2.75, 3.05) is 21.2 Å². The van der Waals surface area contributed by atoms with E-state index < -0.39 is 0 Å². The molecule has 1 aromatic carbocycles. The Bertz CT molecular complexity index is 1090. The Balaban J connectivity index is 1.75. The number of ether oxygens (including phenoxy) is 1. The zero-order valence-electron chi connectivity index (χ0n) is 25.8. The summed E-state index contributed by atoms with van der Waals surface area (Å²) < 4.78 is 7.37. The summed E-state index contributed by atoms with van der Waals surface area (Å²) in [7, 11) is 8.00. The Morgan fingerprint density at radius 2 is 1.82 bits per heavy atom. The van der Waals surface area contributed by atoms with Gasteiger partial charge in [0.2, 0.25) is 5.88 Å². The summed E-state index contributed by atoms with van der Waals surface area (Å²) in [6.07, 6.45) is 12.4. The minimum absolute atomic E-state index is 0.0594. The molecule has 0 N–H and O–H groups in total. The van der Waals surface area contributed by atoms with Gasteiger partial charge in [-0.05, 0) is 127 Å². The van der Waals surface area contributed by atoms with Crippen molar-refractivity contribution in [2.45, 2.75) is 110 Å². The number of rotatable bonds is 14. The van der Waals surface area contributed by atoms with Crippen LogP contribution in [0.1, 0.15) is 117 Å². The molecule has 2 unspecified atom stereocenters. The monoisotopic (exact) mass is 557 g/mol. The van der Waals surface area contributed by atoms with Gasteiger partial charge in [0.25, 0.3) is 0 Å². The molecule has 2 atom stereocenters. The molecule has 1 fully saturated rings. The van der Waals surface area contributed by atoms with Crippen LogP contribution in [0.3, 0.4) is 0 Å². The van der Waals surface area contributed by atoms with Crippen LogP contribution >= 0.6 is 11.6 Å². The number of carbonyl (C=O) groups is 1. The number of aromatic nitrogens is 2. The highest BCUT2D eigenvalue weighted by Gasteiger charge is 2.27. The van der Waals surface area contributed by atoms with E-state index in [9.17, 15) is 4.79 Å². The summed E-state index contributed by atoms with van der Waals surface area (Å²) in [5.41, 5.74) is 5.29. The van der Waals surface area contributed by atoms with Crippen molar-refractivity contribution in [2.24, 2.45) is 18.9 Å². The van der Waals surface area contributed by atoms with E-state index in [4.69, 9.17) is 16.3 Å². The van der Waals surface area contributed by atoms with Gasteiger partial charge in [-0.1, -0.05) is 31.9 Å². The molecule has 0 radical (unpaired) electrons. The van der Waals surface area contributed by atoms with Crippen molar-refractivity contribution in [3.8, 4) is 5.88 Å². The minimum Gasteiger partial charge on any atom is -0.481 e. The lowest BCUT2D eigenvalue weighted by Gasteiger charge is -2.33. The molecule has 0 aliphatic heterocycles. The van der Waals surface area contributed by atoms with Crippen LogP contribution in [0.5, 0.6) is 5.88 Å². The Kier molecular flexibility index (Phi) is 11.9. The first-order chi connectivity index (χ1) is 18.6. The van der Waals surface area contributed by atoms with Gasteiger partial charge in [-0.3, -0.25) is 4.79 Å². The second-order valence-electron chi connectivity index (χ2n) is 12.1. The van der Waals surface area contributed by atoms with Crippen molar-refractivity contribution in [1.82, 2.24) is 14.7 Å². The van der Waals surface area contributed by atoms with Gasteiger partial charge in [-0.25, -0.2) is 4.68 Å². The van der Waals surface area contributed by atoms with E-state index >= 15 is 0 Å². The number of benzene rings is 1. The minimum atomic E-state index is -0.0594. The number of hydrogen-bond acceptors (Lipinski definition) is 4. The zero-order valence-corrected chi connectivity index (χ0v) is 26.5. The predicted molar refractivity (Wildman–Crippen MR) is 163 cm³/mol. The SMILES string of the molecule is CCCC(CCC1CCC(N(C)C)CC1)c1cc(Cl)cc(C(=O)C(CC)CCc2c(C)nn(C)c2OC)c1C. The average molecular weight is 558 g/mol. The molecule has 0 saturated heterocycles. The molecular formula is C33H52ClN3O2. The maximum absolute atomic E-state index is 13.9. The number of halogens is 1. The normalized spacial score (nSPS) is 19.3. The lowest BCUT2D eigenvalue weighted by Crippen LogP contribution is -2.32. The summed E-state index contributed by atoms with van der Waals surface area (Å²) in [5.74, 6) is 2.22. The number of Topliss-reactive ketones (excluding diaryl/α,β-unsaturated/α-hetero) is 1. The fourth-order valence-corrected chi connectivity index (χ4v) is 7.08. The van der Waals surface area contributed by atoms with Gasteiger partial charge >= 0.3 is 0 Å². The molecule has 1 aliphatic carbocycles. The summed E-state index contributed by atoms with van der Waals surface area (Å²) in [6.45, 7) is 8.53. The van der Waals surface area contributed by atoms with E-state index in [-0.39, 0.29) is 11.7 Å². The lowest BCUT2D eigenvalue weighted by atomic mass is 9.78. The summed E-state index contributed by atoms with van der Waals surface area (Å²) in [4.78, 5) is 16.3. The van der Waals surface area contributed by atoms with Gasteiger partial charge < -0.3 is 9.64 Å². The zero-order chi connectivity index (χ0) is 28.7. The Morgan fingerprint density at radius 3 is 2.41 bits per heavy atom. The molecule has 1 aliphatic rings. The molecule has 6 heteroatoms. The van der Waals surface area contributed by atoms with Gasteiger partial charge in [0.1, 0.15) is 0 Å². The van der Waals surface area contributed by atoms with Crippen molar-refractivity contribution >= 4 is 17.4 Å². The van der Waals surface area contributed by atoms with Crippen LogP contribution in [0.2, 0.25) is 5.02 Å². The van der Waals surface area contributed by atoms with Gasteiger partial charge in [-0.15, -0.1) is 0 Å². The van der Waals surface area contributed by atoms with Gasteiger partial charge in [0.05, 0.1) is 12.8 Å². The number of ketones is 1. The van der Waals surface area contributed by atoms with Crippen LogP contribution in [0.25, 0.3) is 0 Å². The molecule has 1 heterocycles. The number of hydrogen-bond donors (Lipinski definition) is 0. The van der Waals surface area contributed by atoms with E-state index in [1.54, 1.807) is 11.8 Å². The van der Waals surface area contributed by atoms with Crippen LogP contribution < -0.4 is 4.74 Å². The maximum Gasteiger partial charge on any atom is 0.214 e. The summed E-state index contributed by atoms with van der Waals surface area (Å²) >= 11 is 6.70. The molecule has 3 rings (SSSR count). The molecule has 5 nitrogen and oxygen atoms in total. The van der Waals surface area contributed by atoms with E-state index in [2.05, 4.69) is 50.9 Å². The number of aryl methyl sites for hydroxylation is 2. The molecule has 0 bridgehead atoms. The van der Waals surface area contributed by atoms with E-state index in [1.165, 1.54) is 44.1 Å². The molecular weight excluding hydrogens is 506 g/mol. The molecule has 1 saturated carbocycles. The van der Waals surface area contributed by atoms with Gasteiger partial charge in [0.15, 0.2) is 5.78 Å². The standard InChI is InChI=1S/C33H52ClN3O2/c1-9-11-26(15-12-24-13-17-28(18-14-24)36(5)6)30-20-27(34)21-31(22(30)3)32(38)25(10-2)16-19-29-23(4)35-37(7)33(29)39-8/h20-21,24-26,28H,9-19H2,1-8H3. The summed E-state index contributed by atoms with van der Waals surface area (Å²) in [5, 5.41) is 5.20. The number of carbonyl (C=O) groups excluding carboxylic acids is 1. The van der Waals surface area contributed by atoms with Crippen LogP contribution in [0.4, 0.5) is 0 Å². The van der Waals surface area contributed by atoms with Gasteiger partial charge in [-0.2, -0.15) is 5.10 Å².